The van der Waals surface area contributed by atoms with Crippen LogP contribution in [0.25, 0.3) is 0 Å². The molecule has 0 spiro atoms. The van der Waals surface area contributed by atoms with Gasteiger partial charge in [0.05, 0.1) is 5.56 Å². The zero-order valence-electron chi connectivity index (χ0n) is 7.46. The quantitative estimate of drug-likeness (QED) is 0.820. The van der Waals surface area contributed by atoms with Crippen LogP contribution in [0, 0.1) is 0 Å². The van der Waals surface area contributed by atoms with Gasteiger partial charge in [-0.15, -0.1) is 0 Å². The first-order chi connectivity index (χ1) is 6.20. The van der Waals surface area contributed by atoms with E-state index in [9.17, 15) is 0 Å². The number of likely N-dealkylation sites (tertiary alicyclic amines) is 1. The van der Waals surface area contributed by atoms with Crippen LogP contribution < -0.4 is 5.73 Å². The van der Waals surface area contributed by atoms with Crippen LogP contribution in [0.1, 0.15) is 24.4 Å². The first kappa shape index (κ1) is 9.02. The van der Waals surface area contributed by atoms with E-state index in [1.54, 1.807) is 0 Å². The lowest BCUT2D eigenvalue weighted by atomic mass is 10.1. The van der Waals surface area contributed by atoms with E-state index in [4.69, 9.17) is 10.3 Å². The molecule has 0 bridgehead atoms. The maximum Gasteiger partial charge on any atom is 0.228 e. The maximum absolute atomic E-state index is 5.70. The number of aromatic nitrogens is 1. The molecule has 13 heavy (non-hydrogen) atoms. The van der Waals surface area contributed by atoms with Gasteiger partial charge in [0, 0.05) is 6.04 Å². The molecule has 0 aliphatic carbocycles. The summed E-state index contributed by atoms with van der Waals surface area (Å²) in [5.41, 5.74) is 6.70. The highest BCUT2D eigenvalue weighted by Crippen LogP contribution is 2.37. The Labute approximate surface area is 85.2 Å². The molecule has 1 aromatic heterocycles. The molecule has 1 aliphatic rings. The molecule has 0 radical (unpaired) electrons. The van der Waals surface area contributed by atoms with Crippen LogP contribution in [0.3, 0.4) is 0 Å². The van der Waals surface area contributed by atoms with Gasteiger partial charge in [-0.05, 0) is 42.4 Å². The van der Waals surface area contributed by atoms with Gasteiger partial charge in [0.2, 0.25) is 5.88 Å². The van der Waals surface area contributed by atoms with E-state index in [1.807, 2.05) is 0 Å². The number of hydrogen-bond acceptors (Lipinski definition) is 4. The summed E-state index contributed by atoms with van der Waals surface area (Å²) in [6.45, 7) is 1.11. The molecule has 2 heterocycles. The summed E-state index contributed by atoms with van der Waals surface area (Å²) in [6, 6.07) is 0.362. The summed E-state index contributed by atoms with van der Waals surface area (Å²) in [4.78, 5) is 2.27. The van der Waals surface area contributed by atoms with Crippen LogP contribution in [0.4, 0.5) is 5.88 Å². The Hall–Kier alpha value is -0.550. The lowest BCUT2D eigenvalue weighted by molar-refractivity contribution is 0.316. The van der Waals surface area contributed by atoms with Crippen molar-refractivity contribution in [3.8, 4) is 0 Å². The van der Waals surface area contributed by atoms with E-state index in [-0.39, 0.29) is 0 Å². The van der Waals surface area contributed by atoms with Crippen LogP contribution >= 0.6 is 15.9 Å². The van der Waals surface area contributed by atoms with Crippen LogP contribution in [0.15, 0.2) is 9.13 Å². The summed E-state index contributed by atoms with van der Waals surface area (Å²) in [5.74, 6) is 0.436. The smallest absolute Gasteiger partial charge is 0.228 e. The highest BCUT2D eigenvalue weighted by molar-refractivity contribution is 9.10. The van der Waals surface area contributed by atoms with Gasteiger partial charge in [0.25, 0.3) is 0 Å². The average molecular weight is 246 g/mol. The van der Waals surface area contributed by atoms with Crippen molar-refractivity contribution in [1.29, 1.82) is 0 Å². The lowest BCUT2D eigenvalue weighted by Gasteiger charge is -2.17. The van der Waals surface area contributed by atoms with Crippen LogP contribution in [0.2, 0.25) is 0 Å². The second kappa shape index (κ2) is 3.31. The van der Waals surface area contributed by atoms with Crippen molar-refractivity contribution < 1.29 is 4.52 Å². The molecule has 72 valence electrons. The Kier molecular flexibility index (Phi) is 2.29. The van der Waals surface area contributed by atoms with Crippen molar-refractivity contribution in [2.24, 2.45) is 0 Å². The van der Waals surface area contributed by atoms with Crippen molar-refractivity contribution in [3.63, 3.8) is 0 Å². The molecule has 0 amide bonds. The molecule has 4 nitrogen and oxygen atoms in total. The normalized spacial score (nSPS) is 24.0. The predicted molar refractivity (Wildman–Crippen MR) is 53.2 cm³/mol. The minimum atomic E-state index is 0.362. The van der Waals surface area contributed by atoms with Gasteiger partial charge in [-0.2, -0.15) is 0 Å². The van der Waals surface area contributed by atoms with Gasteiger partial charge in [0.15, 0.2) is 4.60 Å². The van der Waals surface area contributed by atoms with Crippen LogP contribution in [0.5, 0.6) is 0 Å². The monoisotopic (exact) mass is 245 g/mol. The first-order valence-corrected chi connectivity index (χ1v) is 5.10. The second-order valence-corrected chi connectivity index (χ2v) is 4.14. The highest BCUT2D eigenvalue weighted by atomic mass is 79.9. The number of rotatable bonds is 1. The number of hydrogen-bond donors (Lipinski definition) is 1. The summed E-state index contributed by atoms with van der Waals surface area (Å²) in [6.07, 6.45) is 2.33. The number of halogens is 1. The van der Waals surface area contributed by atoms with Crippen molar-refractivity contribution in [1.82, 2.24) is 10.1 Å². The minimum absolute atomic E-state index is 0.362. The molecule has 1 saturated heterocycles. The molecule has 1 aromatic rings. The highest BCUT2D eigenvalue weighted by Gasteiger charge is 2.29. The Morgan fingerprint density at radius 1 is 1.69 bits per heavy atom. The van der Waals surface area contributed by atoms with E-state index in [2.05, 4.69) is 33.0 Å². The van der Waals surface area contributed by atoms with Gasteiger partial charge in [-0.25, -0.2) is 0 Å². The van der Waals surface area contributed by atoms with Gasteiger partial charge < -0.3 is 10.3 Å². The second-order valence-electron chi connectivity index (χ2n) is 3.39. The molecule has 1 atom stereocenters. The molecular formula is C8H12BrN3O. The van der Waals surface area contributed by atoms with E-state index in [1.165, 1.54) is 6.42 Å². The molecule has 1 aliphatic heterocycles. The zero-order valence-corrected chi connectivity index (χ0v) is 9.04. The molecule has 0 saturated carbocycles. The first-order valence-electron chi connectivity index (χ1n) is 4.31. The number of nitrogen functional groups attached to an aromatic ring is 1. The number of anilines is 1. The van der Waals surface area contributed by atoms with Gasteiger partial charge in [0.1, 0.15) is 0 Å². The summed E-state index contributed by atoms with van der Waals surface area (Å²) in [7, 11) is 2.09. The Balaban J connectivity index is 2.33. The Morgan fingerprint density at radius 2 is 2.46 bits per heavy atom. The zero-order chi connectivity index (χ0) is 9.42. The van der Waals surface area contributed by atoms with Gasteiger partial charge in [-0.1, -0.05) is 5.16 Å². The van der Waals surface area contributed by atoms with E-state index < -0.39 is 0 Å². The van der Waals surface area contributed by atoms with Crippen molar-refractivity contribution in [2.45, 2.75) is 18.9 Å². The fourth-order valence-electron chi connectivity index (χ4n) is 1.87. The van der Waals surface area contributed by atoms with Crippen LogP contribution in [-0.4, -0.2) is 23.6 Å². The third kappa shape index (κ3) is 1.46. The fourth-order valence-corrected chi connectivity index (χ4v) is 2.40. The largest absolute Gasteiger partial charge is 0.367 e. The maximum atomic E-state index is 5.70. The summed E-state index contributed by atoms with van der Waals surface area (Å²) < 4.78 is 5.65. The van der Waals surface area contributed by atoms with Gasteiger partial charge in [-0.3, -0.25) is 4.90 Å². The SMILES string of the molecule is CN1CCCC1c1c(Br)noc1N. The lowest BCUT2D eigenvalue weighted by Crippen LogP contribution is -2.18. The minimum Gasteiger partial charge on any atom is -0.367 e. The molecule has 1 fully saturated rings. The summed E-state index contributed by atoms with van der Waals surface area (Å²) in [5, 5.41) is 3.79. The van der Waals surface area contributed by atoms with E-state index in [0.717, 1.165) is 23.1 Å². The molecule has 1 unspecified atom stereocenters. The molecular weight excluding hydrogens is 234 g/mol. The van der Waals surface area contributed by atoms with Crippen molar-refractivity contribution >= 4 is 21.8 Å². The van der Waals surface area contributed by atoms with Gasteiger partial charge >= 0.3 is 0 Å². The third-order valence-electron chi connectivity index (χ3n) is 2.57. The Morgan fingerprint density at radius 3 is 2.92 bits per heavy atom. The standard InChI is InChI=1S/C8H12BrN3O/c1-12-4-2-3-5(12)6-7(9)11-13-8(6)10/h5H,2-4,10H2,1H3. The fraction of sp³-hybridized carbons (Fsp3) is 0.625. The van der Waals surface area contributed by atoms with Crippen LogP contribution in [-0.2, 0) is 0 Å². The van der Waals surface area contributed by atoms with Crippen molar-refractivity contribution in [3.05, 3.63) is 10.2 Å². The number of nitrogens with zero attached hydrogens (tertiary/aromatic N) is 2. The average Bonchev–Trinajstić information content (AvgIpc) is 2.60. The Bertz CT molecular complexity index is 293. The predicted octanol–water partition coefficient (Wildman–Crippen LogP) is 1.79. The molecule has 2 N–H and O–H groups in total. The molecule has 5 heteroatoms. The number of nitrogens with two attached hydrogens (primary N) is 1. The third-order valence-corrected chi connectivity index (χ3v) is 3.14. The van der Waals surface area contributed by atoms with Crippen molar-refractivity contribution in [2.75, 3.05) is 19.3 Å². The van der Waals surface area contributed by atoms with E-state index in [0.29, 0.717) is 11.9 Å². The molecule has 2 rings (SSSR count). The van der Waals surface area contributed by atoms with E-state index >= 15 is 0 Å². The molecule has 0 aromatic carbocycles. The topological polar surface area (TPSA) is 55.3 Å². The summed E-state index contributed by atoms with van der Waals surface area (Å²) >= 11 is 3.34.